The number of nitrogens with two attached hydrogens (primary N) is 1. The minimum Gasteiger partial charge on any atom is -0.374 e. The summed E-state index contributed by atoms with van der Waals surface area (Å²) in [5.74, 6) is -0.121. The van der Waals surface area contributed by atoms with Crippen molar-refractivity contribution in [2.45, 2.75) is 70.0 Å². The average Bonchev–Trinajstić information content (AvgIpc) is 3.40. The van der Waals surface area contributed by atoms with Crippen LogP contribution in [0.2, 0.25) is 10.0 Å². The highest BCUT2D eigenvalue weighted by Crippen LogP contribution is 2.34. The van der Waals surface area contributed by atoms with E-state index in [1.54, 1.807) is 37.4 Å². The Kier molecular flexibility index (Phi) is 10.4. The largest absolute Gasteiger partial charge is 0.374 e. The Morgan fingerprint density at radius 2 is 2.05 bits per heavy atom. The van der Waals surface area contributed by atoms with Crippen LogP contribution in [-0.4, -0.2) is 45.7 Å². The Bertz CT molecular complexity index is 1710. The molecule has 8 nitrogen and oxygen atoms in total. The molecular weight excluding hydrogens is 607 g/mol. The zero-order valence-corrected chi connectivity index (χ0v) is 26.0. The molecule has 0 aliphatic carbocycles. The lowest BCUT2D eigenvalue weighted by Gasteiger charge is -2.32. The number of aromatic amines is 1. The van der Waals surface area contributed by atoms with Gasteiger partial charge in [0.05, 0.1) is 22.2 Å². The second-order valence-electron chi connectivity index (χ2n) is 11.5. The zero-order chi connectivity index (χ0) is 31.4. The molecule has 0 bridgehead atoms. The standard InChI is InChI=1S/C32H37Cl2F2N7O/c1-18(37)39-11-10-22-6-3-7-28(40-22)24-9-8-23(15-26(24)33)43-17-20-14-29(41-31(20)42-32(43)44)25-12-19(13-27(34)30(25)36)4-2-5-21(38)16-35/h8-9,12-15,17,21-22,28,40H,2-7,10-11,16,38H2,1H3,(H2,37,39)(H,41,42,44)/t21-,22+,28+/m1/s1. The maximum Gasteiger partial charge on any atom is 0.354 e. The van der Waals surface area contributed by atoms with Crippen LogP contribution in [0, 0.1) is 11.2 Å². The number of alkyl halides is 1. The topological polar surface area (TPSA) is 125 Å². The Morgan fingerprint density at radius 1 is 1.23 bits per heavy atom. The summed E-state index contributed by atoms with van der Waals surface area (Å²) in [6.07, 6.45) is 7.39. The van der Waals surface area contributed by atoms with Crippen molar-refractivity contribution in [3.05, 3.63) is 80.1 Å². The van der Waals surface area contributed by atoms with Gasteiger partial charge < -0.3 is 21.4 Å². The number of amidine groups is 1. The van der Waals surface area contributed by atoms with Crippen LogP contribution in [0.5, 0.6) is 0 Å². The molecule has 234 valence electrons. The van der Waals surface area contributed by atoms with E-state index >= 15 is 4.39 Å². The van der Waals surface area contributed by atoms with Gasteiger partial charge in [-0.15, -0.1) is 0 Å². The van der Waals surface area contributed by atoms with Crippen molar-refractivity contribution in [2.75, 3.05) is 13.2 Å². The third kappa shape index (κ3) is 7.48. The first-order valence-electron chi connectivity index (χ1n) is 14.9. The monoisotopic (exact) mass is 643 g/mol. The number of aryl methyl sites for hydroxylation is 1. The minimum absolute atomic E-state index is 0.0230. The summed E-state index contributed by atoms with van der Waals surface area (Å²) in [6, 6.07) is 10.5. The van der Waals surface area contributed by atoms with E-state index in [1.165, 1.54) is 4.57 Å². The zero-order valence-electron chi connectivity index (χ0n) is 24.5. The van der Waals surface area contributed by atoms with Crippen LogP contribution in [0.3, 0.4) is 0 Å². The fourth-order valence-electron chi connectivity index (χ4n) is 5.83. The summed E-state index contributed by atoms with van der Waals surface area (Å²) >= 11 is 13.0. The molecular formula is C32H37Cl2F2N7O. The SMILES string of the molecule is CC(=N)NCC[C@@H]1CCC[C@@H](c2ccc(-n3cc4cc(-c5cc(CCC[C@@H](N)CF)cc(Cl)c5F)[nH]c4nc3=O)cc2Cl)N1. The van der Waals surface area contributed by atoms with E-state index in [1.807, 2.05) is 12.1 Å². The number of rotatable bonds is 11. The minimum atomic E-state index is -0.584. The quantitative estimate of drug-likeness (QED) is 0.0929. The van der Waals surface area contributed by atoms with Gasteiger partial charge in [0.1, 0.15) is 12.3 Å². The number of benzene rings is 2. The molecule has 0 spiro atoms. The molecule has 3 atom stereocenters. The molecule has 2 aromatic heterocycles. The predicted molar refractivity (Wildman–Crippen MR) is 174 cm³/mol. The highest BCUT2D eigenvalue weighted by atomic mass is 35.5. The van der Waals surface area contributed by atoms with Crippen LogP contribution in [0.4, 0.5) is 8.78 Å². The molecule has 2 aromatic carbocycles. The number of nitrogens with one attached hydrogen (secondary N) is 4. The van der Waals surface area contributed by atoms with Crippen molar-refractivity contribution in [3.63, 3.8) is 0 Å². The normalized spacial score (nSPS) is 17.6. The van der Waals surface area contributed by atoms with Crippen LogP contribution in [0.1, 0.15) is 62.6 Å². The molecule has 0 amide bonds. The molecule has 5 rings (SSSR count). The van der Waals surface area contributed by atoms with Gasteiger partial charge >= 0.3 is 5.69 Å². The van der Waals surface area contributed by atoms with Gasteiger partial charge in [-0.3, -0.25) is 9.98 Å². The molecule has 0 saturated carbocycles. The summed E-state index contributed by atoms with van der Waals surface area (Å²) in [4.78, 5) is 20.3. The molecule has 3 heterocycles. The highest BCUT2D eigenvalue weighted by Gasteiger charge is 2.24. The van der Waals surface area contributed by atoms with E-state index in [9.17, 15) is 9.18 Å². The van der Waals surface area contributed by atoms with E-state index < -0.39 is 24.2 Å². The van der Waals surface area contributed by atoms with Crippen LogP contribution in [-0.2, 0) is 6.42 Å². The molecule has 0 radical (unpaired) electrons. The van der Waals surface area contributed by atoms with Crippen LogP contribution >= 0.6 is 23.2 Å². The number of H-pyrrole nitrogens is 1. The molecule has 6 N–H and O–H groups in total. The Hall–Kier alpha value is -3.31. The van der Waals surface area contributed by atoms with Crippen molar-refractivity contribution < 1.29 is 8.78 Å². The lowest BCUT2D eigenvalue weighted by molar-refractivity contribution is 0.312. The lowest BCUT2D eigenvalue weighted by atomic mass is 9.92. The molecule has 1 saturated heterocycles. The highest BCUT2D eigenvalue weighted by molar-refractivity contribution is 6.31. The number of fused-ring (bicyclic) bond motifs is 1. The van der Waals surface area contributed by atoms with Crippen molar-refractivity contribution in [1.29, 1.82) is 5.41 Å². The van der Waals surface area contributed by atoms with Gasteiger partial charge in [0, 0.05) is 46.8 Å². The Morgan fingerprint density at radius 3 is 2.80 bits per heavy atom. The summed E-state index contributed by atoms with van der Waals surface area (Å²) < 4.78 is 29.3. The van der Waals surface area contributed by atoms with Crippen molar-refractivity contribution >= 4 is 40.1 Å². The van der Waals surface area contributed by atoms with Crippen molar-refractivity contribution in [1.82, 2.24) is 25.2 Å². The number of nitrogens with zero attached hydrogens (tertiary/aromatic N) is 2. The smallest absolute Gasteiger partial charge is 0.354 e. The molecule has 44 heavy (non-hydrogen) atoms. The summed E-state index contributed by atoms with van der Waals surface area (Å²) in [7, 11) is 0. The third-order valence-electron chi connectivity index (χ3n) is 8.13. The van der Waals surface area contributed by atoms with Gasteiger partial charge in [0.25, 0.3) is 0 Å². The second-order valence-corrected chi connectivity index (χ2v) is 12.3. The predicted octanol–water partition coefficient (Wildman–Crippen LogP) is 6.61. The summed E-state index contributed by atoms with van der Waals surface area (Å²) in [5, 5.41) is 15.5. The van der Waals surface area contributed by atoms with Gasteiger partial charge in [-0.25, -0.2) is 13.6 Å². The molecule has 1 fully saturated rings. The van der Waals surface area contributed by atoms with Crippen molar-refractivity contribution in [3.8, 4) is 16.9 Å². The fraction of sp³-hybridized carbons (Fsp3) is 0.406. The van der Waals surface area contributed by atoms with Crippen LogP contribution < -0.4 is 22.1 Å². The maximum absolute atomic E-state index is 15.1. The maximum atomic E-state index is 15.1. The number of hydrogen-bond donors (Lipinski definition) is 5. The van der Waals surface area contributed by atoms with Crippen molar-refractivity contribution in [2.24, 2.45) is 5.73 Å². The average molecular weight is 645 g/mol. The van der Waals surface area contributed by atoms with Crippen LogP contribution in [0.15, 0.2) is 47.4 Å². The number of aromatic nitrogens is 3. The molecule has 12 heteroatoms. The van der Waals surface area contributed by atoms with E-state index in [0.29, 0.717) is 58.6 Å². The first kappa shape index (κ1) is 32.1. The fourth-order valence-corrected chi connectivity index (χ4v) is 6.38. The second kappa shape index (κ2) is 14.2. The number of hydrogen-bond acceptors (Lipinski definition) is 5. The van der Waals surface area contributed by atoms with Gasteiger partial charge in [0.2, 0.25) is 0 Å². The Balaban J connectivity index is 1.37. The molecule has 1 aliphatic heterocycles. The lowest BCUT2D eigenvalue weighted by Crippen LogP contribution is -2.39. The first-order chi connectivity index (χ1) is 21.1. The van der Waals surface area contributed by atoms with Gasteiger partial charge in [-0.1, -0.05) is 35.7 Å². The number of halogens is 4. The van der Waals surface area contributed by atoms with Gasteiger partial charge in [-0.2, -0.15) is 4.98 Å². The van der Waals surface area contributed by atoms with Gasteiger partial charge in [0.15, 0.2) is 5.82 Å². The summed E-state index contributed by atoms with van der Waals surface area (Å²) in [6.45, 7) is 1.89. The van der Waals surface area contributed by atoms with E-state index in [4.69, 9.17) is 34.3 Å². The number of piperidine rings is 1. The third-order valence-corrected chi connectivity index (χ3v) is 8.73. The van der Waals surface area contributed by atoms with E-state index in [0.717, 1.165) is 43.4 Å². The van der Waals surface area contributed by atoms with E-state index in [-0.39, 0.29) is 16.6 Å². The summed E-state index contributed by atoms with van der Waals surface area (Å²) in [5.41, 5.74) is 8.54. The first-order valence-corrected chi connectivity index (χ1v) is 15.7. The van der Waals surface area contributed by atoms with E-state index in [2.05, 4.69) is 20.6 Å². The molecule has 1 aliphatic rings. The van der Waals surface area contributed by atoms with Crippen LogP contribution in [0.25, 0.3) is 28.0 Å². The molecule has 0 unspecified atom stereocenters. The Labute approximate surface area is 264 Å². The molecule has 4 aromatic rings. The van der Waals surface area contributed by atoms with Gasteiger partial charge in [-0.05, 0) is 86.9 Å².